The molecule has 170 valence electrons. The summed E-state index contributed by atoms with van der Waals surface area (Å²) in [6, 6.07) is 23.9. The largest absolute Gasteiger partial charge is 0.484 e. The Balaban J connectivity index is 1.51. The Bertz CT molecular complexity index is 1110. The number of ether oxygens (including phenoxy) is 1. The van der Waals surface area contributed by atoms with E-state index in [0.29, 0.717) is 25.3 Å². The zero-order valence-electron chi connectivity index (χ0n) is 19.2. The Hall–Kier alpha value is -3.60. The van der Waals surface area contributed by atoms with Crippen LogP contribution in [-0.2, 0) is 22.6 Å². The minimum atomic E-state index is -0.172. The predicted molar refractivity (Wildman–Crippen MR) is 129 cm³/mol. The van der Waals surface area contributed by atoms with Crippen LogP contribution in [0.25, 0.3) is 0 Å². The lowest BCUT2D eigenvalue weighted by Gasteiger charge is -2.38. The highest BCUT2D eigenvalue weighted by atomic mass is 16.5. The topological polar surface area (TPSA) is 58.6 Å². The van der Waals surface area contributed by atoms with Crippen LogP contribution in [0, 0.1) is 6.92 Å². The molecule has 1 aliphatic heterocycles. The summed E-state index contributed by atoms with van der Waals surface area (Å²) in [6.07, 6.45) is 1.27. The minimum Gasteiger partial charge on any atom is -0.484 e. The number of nitrogens with zero attached hydrogens (tertiary/aromatic N) is 1. The summed E-state index contributed by atoms with van der Waals surface area (Å²) >= 11 is 0. The molecule has 0 spiro atoms. The smallest absolute Gasteiger partial charge is 0.258 e. The lowest BCUT2D eigenvalue weighted by Crippen LogP contribution is -2.40. The van der Waals surface area contributed by atoms with Crippen molar-refractivity contribution in [3.05, 3.63) is 101 Å². The number of nitrogens with one attached hydrogen (secondary N) is 1. The number of aryl methyl sites for hydroxylation is 1. The molecule has 4 rings (SSSR count). The molecule has 5 heteroatoms. The summed E-state index contributed by atoms with van der Waals surface area (Å²) in [5.74, 6) is 0.596. The number of hydrogen-bond acceptors (Lipinski definition) is 3. The van der Waals surface area contributed by atoms with E-state index in [1.54, 1.807) is 0 Å². The highest BCUT2D eigenvalue weighted by Crippen LogP contribution is 2.37. The standard InChI is InChI=1S/C28H30N2O3/c1-3-27(32)30-16-15-22-13-14-24(17-25(22)28(30)23-11-9-20(2)10-12-23)33-19-26(31)29-18-21-7-5-4-6-8-21/h4-14,17,28H,3,15-16,18-19H2,1-2H3,(H,29,31)/t28-/m0/s1. The van der Waals surface area contributed by atoms with E-state index in [2.05, 4.69) is 42.6 Å². The summed E-state index contributed by atoms with van der Waals surface area (Å²) in [5.41, 5.74) is 5.58. The van der Waals surface area contributed by atoms with E-state index in [1.807, 2.05) is 54.3 Å². The Kier molecular flexibility index (Phi) is 7.08. The monoisotopic (exact) mass is 442 g/mol. The minimum absolute atomic E-state index is 0.0571. The van der Waals surface area contributed by atoms with Crippen LogP contribution in [0.3, 0.4) is 0 Å². The van der Waals surface area contributed by atoms with E-state index in [4.69, 9.17) is 4.74 Å². The first-order valence-electron chi connectivity index (χ1n) is 11.5. The van der Waals surface area contributed by atoms with E-state index in [1.165, 1.54) is 11.1 Å². The van der Waals surface area contributed by atoms with Crippen molar-refractivity contribution in [2.45, 2.75) is 39.3 Å². The maximum absolute atomic E-state index is 12.8. The molecule has 3 aromatic carbocycles. The second-order valence-electron chi connectivity index (χ2n) is 8.42. The molecule has 0 unspecified atom stereocenters. The van der Waals surface area contributed by atoms with Crippen LogP contribution in [0.15, 0.2) is 72.8 Å². The maximum atomic E-state index is 12.8. The van der Waals surface area contributed by atoms with Crippen molar-refractivity contribution in [3.8, 4) is 5.75 Å². The van der Waals surface area contributed by atoms with Crippen LogP contribution in [0.2, 0.25) is 0 Å². The van der Waals surface area contributed by atoms with Crippen molar-refractivity contribution in [1.82, 2.24) is 10.2 Å². The van der Waals surface area contributed by atoms with Crippen molar-refractivity contribution in [3.63, 3.8) is 0 Å². The fourth-order valence-corrected chi connectivity index (χ4v) is 4.26. The maximum Gasteiger partial charge on any atom is 0.258 e. The van der Waals surface area contributed by atoms with Gasteiger partial charge in [0.25, 0.3) is 5.91 Å². The van der Waals surface area contributed by atoms with E-state index >= 15 is 0 Å². The third-order valence-electron chi connectivity index (χ3n) is 6.06. The van der Waals surface area contributed by atoms with Gasteiger partial charge in [-0.1, -0.05) is 73.2 Å². The molecule has 2 amide bonds. The van der Waals surface area contributed by atoms with Crippen molar-refractivity contribution in [1.29, 1.82) is 0 Å². The fraction of sp³-hybridized carbons (Fsp3) is 0.286. The first-order chi connectivity index (χ1) is 16.0. The number of benzene rings is 3. The molecule has 1 heterocycles. The van der Waals surface area contributed by atoms with Gasteiger partial charge < -0.3 is 15.0 Å². The van der Waals surface area contributed by atoms with E-state index in [-0.39, 0.29) is 24.5 Å². The third kappa shape index (κ3) is 5.43. The Morgan fingerprint density at radius 2 is 1.79 bits per heavy atom. The summed E-state index contributed by atoms with van der Waals surface area (Å²) in [6.45, 7) is 5.07. The number of rotatable bonds is 7. The predicted octanol–water partition coefficient (Wildman–Crippen LogP) is 4.57. The number of amides is 2. The Morgan fingerprint density at radius 1 is 1.03 bits per heavy atom. The van der Waals surface area contributed by atoms with Gasteiger partial charge in [-0.3, -0.25) is 9.59 Å². The van der Waals surface area contributed by atoms with Gasteiger partial charge in [0.15, 0.2) is 6.61 Å². The summed E-state index contributed by atoms with van der Waals surface area (Å²) in [5, 5.41) is 2.88. The Labute approximate surface area is 195 Å². The molecule has 0 radical (unpaired) electrons. The SMILES string of the molecule is CCC(=O)N1CCc2ccc(OCC(=O)NCc3ccccc3)cc2[C@@H]1c1ccc(C)cc1. The van der Waals surface area contributed by atoms with Crippen LogP contribution in [0.1, 0.15) is 47.2 Å². The average Bonchev–Trinajstić information content (AvgIpc) is 2.86. The normalized spacial score (nSPS) is 15.0. The number of fused-ring (bicyclic) bond motifs is 1. The van der Waals surface area contributed by atoms with Crippen molar-refractivity contribution >= 4 is 11.8 Å². The van der Waals surface area contributed by atoms with Gasteiger partial charge in [0, 0.05) is 19.5 Å². The zero-order chi connectivity index (χ0) is 23.2. The molecule has 1 N–H and O–H groups in total. The molecule has 1 atom stereocenters. The van der Waals surface area contributed by atoms with Crippen molar-refractivity contribution in [2.24, 2.45) is 0 Å². The van der Waals surface area contributed by atoms with Gasteiger partial charge in [-0.15, -0.1) is 0 Å². The van der Waals surface area contributed by atoms with Gasteiger partial charge in [-0.05, 0) is 47.7 Å². The van der Waals surface area contributed by atoms with Crippen LogP contribution in [0.4, 0.5) is 0 Å². The molecular weight excluding hydrogens is 412 g/mol. The van der Waals surface area contributed by atoms with E-state index in [0.717, 1.165) is 23.1 Å². The molecule has 5 nitrogen and oxygen atoms in total. The summed E-state index contributed by atoms with van der Waals surface area (Å²) in [7, 11) is 0. The first kappa shape index (κ1) is 22.6. The fourth-order valence-electron chi connectivity index (χ4n) is 4.26. The van der Waals surface area contributed by atoms with Crippen LogP contribution in [-0.4, -0.2) is 29.9 Å². The lowest BCUT2D eigenvalue weighted by molar-refractivity contribution is -0.133. The molecule has 0 saturated heterocycles. The number of carbonyl (C=O) groups is 2. The molecule has 0 bridgehead atoms. The Morgan fingerprint density at radius 3 is 2.52 bits per heavy atom. The van der Waals surface area contributed by atoms with Gasteiger partial charge in [0.1, 0.15) is 5.75 Å². The molecule has 0 aromatic heterocycles. The van der Waals surface area contributed by atoms with Gasteiger partial charge in [0.05, 0.1) is 6.04 Å². The zero-order valence-corrected chi connectivity index (χ0v) is 19.2. The molecule has 0 fully saturated rings. The molecular formula is C28H30N2O3. The average molecular weight is 443 g/mol. The number of carbonyl (C=O) groups excluding carboxylic acids is 2. The van der Waals surface area contributed by atoms with E-state index < -0.39 is 0 Å². The first-order valence-corrected chi connectivity index (χ1v) is 11.5. The third-order valence-corrected chi connectivity index (χ3v) is 6.06. The second-order valence-corrected chi connectivity index (χ2v) is 8.42. The van der Waals surface area contributed by atoms with Crippen molar-refractivity contribution in [2.75, 3.05) is 13.2 Å². The lowest BCUT2D eigenvalue weighted by atomic mass is 9.87. The van der Waals surface area contributed by atoms with Gasteiger partial charge >= 0.3 is 0 Å². The molecule has 33 heavy (non-hydrogen) atoms. The van der Waals surface area contributed by atoms with Crippen LogP contribution < -0.4 is 10.1 Å². The van der Waals surface area contributed by atoms with Crippen LogP contribution in [0.5, 0.6) is 5.75 Å². The van der Waals surface area contributed by atoms with Gasteiger partial charge in [0.2, 0.25) is 5.91 Å². The van der Waals surface area contributed by atoms with E-state index in [9.17, 15) is 9.59 Å². The van der Waals surface area contributed by atoms with Crippen LogP contribution >= 0.6 is 0 Å². The molecule has 0 saturated carbocycles. The molecule has 0 aliphatic carbocycles. The molecule has 1 aliphatic rings. The quantitative estimate of drug-likeness (QED) is 0.583. The highest BCUT2D eigenvalue weighted by molar-refractivity contribution is 5.78. The number of hydrogen-bond donors (Lipinski definition) is 1. The molecule has 3 aromatic rings. The highest BCUT2D eigenvalue weighted by Gasteiger charge is 2.31. The van der Waals surface area contributed by atoms with Gasteiger partial charge in [-0.25, -0.2) is 0 Å². The second kappa shape index (κ2) is 10.3. The van der Waals surface area contributed by atoms with Crippen molar-refractivity contribution < 1.29 is 14.3 Å². The van der Waals surface area contributed by atoms with Gasteiger partial charge in [-0.2, -0.15) is 0 Å². The summed E-state index contributed by atoms with van der Waals surface area (Å²) in [4.78, 5) is 27.0. The summed E-state index contributed by atoms with van der Waals surface area (Å²) < 4.78 is 5.83.